The lowest BCUT2D eigenvalue weighted by molar-refractivity contribution is -0.137. The molecule has 162 valence electrons. The molecule has 2 aromatic rings. The predicted molar refractivity (Wildman–Crippen MR) is 118 cm³/mol. The molecular formula is C24H32N2O4. The number of carboxylic acids is 1. The van der Waals surface area contributed by atoms with Crippen molar-refractivity contribution in [1.82, 2.24) is 10.6 Å². The second-order valence-corrected chi connectivity index (χ2v) is 8.00. The van der Waals surface area contributed by atoms with E-state index < -0.39 is 12.1 Å². The molecule has 0 saturated heterocycles. The van der Waals surface area contributed by atoms with Crippen LogP contribution in [0, 0.1) is 5.92 Å². The Kier molecular flexibility index (Phi) is 8.87. The Labute approximate surface area is 178 Å². The van der Waals surface area contributed by atoms with Crippen LogP contribution in [0.4, 0.5) is 4.79 Å². The van der Waals surface area contributed by atoms with Crippen LogP contribution < -0.4 is 10.6 Å². The average Bonchev–Trinajstić information content (AvgIpc) is 2.70. The first kappa shape index (κ1) is 23.4. The Bertz CT molecular complexity index is 804. The number of carbonyl (C=O) groups is 2. The summed E-state index contributed by atoms with van der Waals surface area (Å²) in [6.45, 7) is 8.03. The maximum atomic E-state index is 12.0. The number of benzene rings is 2. The molecule has 0 spiro atoms. The zero-order valence-corrected chi connectivity index (χ0v) is 18.1. The minimum absolute atomic E-state index is 0.0497. The van der Waals surface area contributed by atoms with Crippen molar-refractivity contribution in [3.05, 3.63) is 60.2 Å². The SMILES string of the molecule is CC(C)OC(=O)NC(CNC(CC(=O)O)c1ccc(-c2ccccc2)cc1)C(C)C. The van der Waals surface area contributed by atoms with Gasteiger partial charge in [0.25, 0.3) is 0 Å². The molecule has 0 aliphatic carbocycles. The van der Waals surface area contributed by atoms with E-state index in [4.69, 9.17) is 4.74 Å². The first-order valence-corrected chi connectivity index (χ1v) is 10.3. The number of ether oxygens (including phenoxy) is 1. The third kappa shape index (κ3) is 7.52. The van der Waals surface area contributed by atoms with Crippen LogP contribution in [0.25, 0.3) is 11.1 Å². The summed E-state index contributed by atoms with van der Waals surface area (Å²) >= 11 is 0. The number of hydrogen-bond donors (Lipinski definition) is 3. The zero-order valence-electron chi connectivity index (χ0n) is 18.1. The molecule has 2 aromatic carbocycles. The van der Waals surface area contributed by atoms with Crippen molar-refractivity contribution in [2.45, 2.75) is 52.3 Å². The molecule has 3 N–H and O–H groups in total. The van der Waals surface area contributed by atoms with Gasteiger partial charge in [-0.2, -0.15) is 0 Å². The molecule has 2 unspecified atom stereocenters. The van der Waals surface area contributed by atoms with E-state index in [0.717, 1.165) is 16.7 Å². The van der Waals surface area contributed by atoms with E-state index in [1.54, 1.807) is 13.8 Å². The lowest BCUT2D eigenvalue weighted by Crippen LogP contribution is -2.46. The summed E-state index contributed by atoms with van der Waals surface area (Å²) in [6.07, 6.45) is -0.715. The topological polar surface area (TPSA) is 87.7 Å². The number of carbonyl (C=O) groups excluding carboxylic acids is 1. The predicted octanol–water partition coefficient (Wildman–Crippen LogP) is 4.62. The number of aliphatic carboxylic acids is 1. The number of hydrogen-bond acceptors (Lipinski definition) is 4. The summed E-state index contributed by atoms with van der Waals surface area (Å²) in [7, 11) is 0. The van der Waals surface area contributed by atoms with Crippen molar-refractivity contribution in [2.24, 2.45) is 5.92 Å². The van der Waals surface area contributed by atoms with Crippen molar-refractivity contribution in [2.75, 3.05) is 6.54 Å². The summed E-state index contributed by atoms with van der Waals surface area (Å²) in [5.74, 6) is -0.726. The first-order valence-electron chi connectivity index (χ1n) is 10.3. The lowest BCUT2D eigenvalue weighted by atomic mass is 9.98. The van der Waals surface area contributed by atoms with Gasteiger partial charge < -0.3 is 20.5 Å². The average molecular weight is 413 g/mol. The Morgan fingerprint density at radius 1 is 0.933 bits per heavy atom. The van der Waals surface area contributed by atoms with E-state index in [2.05, 4.69) is 10.6 Å². The third-order valence-corrected chi connectivity index (χ3v) is 4.83. The van der Waals surface area contributed by atoms with E-state index >= 15 is 0 Å². The fraction of sp³-hybridized carbons (Fsp3) is 0.417. The largest absolute Gasteiger partial charge is 0.481 e. The molecule has 1 amide bonds. The van der Waals surface area contributed by atoms with Gasteiger partial charge in [-0.3, -0.25) is 4.79 Å². The third-order valence-electron chi connectivity index (χ3n) is 4.83. The number of alkyl carbamates (subject to hydrolysis) is 1. The van der Waals surface area contributed by atoms with Crippen molar-refractivity contribution in [1.29, 1.82) is 0 Å². The highest BCUT2D eigenvalue weighted by molar-refractivity contribution is 5.69. The molecular weight excluding hydrogens is 380 g/mol. The summed E-state index contributed by atoms with van der Waals surface area (Å²) in [5.41, 5.74) is 3.08. The number of carboxylic acid groups (broad SMARTS) is 1. The minimum Gasteiger partial charge on any atom is -0.481 e. The Morgan fingerprint density at radius 2 is 1.53 bits per heavy atom. The fourth-order valence-electron chi connectivity index (χ4n) is 3.14. The summed E-state index contributed by atoms with van der Waals surface area (Å²) < 4.78 is 5.17. The molecule has 0 bridgehead atoms. The van der Waals surface area contributed by atoms with Crippen LogP contribution >= 0.6 is 0 Å². The molecule has 6 heteroatoms. The van der Waals surface area contributed by atoms with Crippen LogP contribution in [-0.4, -0.2) is 35.9 Å². The zero-order chi connectivity index (χ0) is 22.1. The second kappa shape index (κ2) is 11.4. The van der Waals surface area contributed by atoms with Gasteiger partial charge in [0.05, 0.1) is 12.5 Å². The molecule has 2 atom stereocenters. The van der Waals surface area contributed by atoms with Crippen molar-refractivity contribution in [3.63, 3.8) is 0 Å². The summed E-state index contributed by atoms with van der Waals surface area (Å²) in [6, 6.07) is 17.4. The van der Waals surface area contributed by atoms with Gasteiger partial charge >= 0.3 is 12.1 Å². The van der Waals surface area contributed by atoms with Gasteiger partial charge in [0.2, 0.25) is 0 Å². The van der Waals surface area contributed by atoms with Crippen molar-refractivity contribution >= 4 is 12.1 Å². The molecule has 0 radical (unpaired) electrons. The Hall–Kier alpha value is -2.86. The lowest BCUT2D eigenvalue weighted by Gasteiger charge is -2.26. The quantitative estimate of drug-likeness (QED) is 0.530. The van der Waals surface area contributed by atoms with E-state index in [1.807, 2.05) is 68.4 Å². The van der Waals surface area contributed by atoms with Crippen molar-refractivity contribution < 1.29 is 19.4 Å². The van der Waals surface area contributed by atoms with E-state index in [0.29, 0.717) is 6.54 Å². The summed E-state index contributed by atoms with van der Waals surface area (Å²) in [4.78, 5) is 23.4. The number of amides is 1. The Morgan fingerprint density at radius 3 is 2.07 bits per heavy atom. The molecule has 0 saturated carbocycles. The highest BCUT2D eigenvalue weighted by atomic mass is 16.6. The molecule has 0 aromatic heterocycles. The van der Waals surface area contributed by atoms with Gasteiger partial charge in [0, 0.05) is 18.6 Å². The van der Waals surface area contributed by atoms with Gasteiger partial charge in [-0.25, -0.2) is 4.79 Å². The van der Waals surface area contributed by atoms with Crippen LogP contribution in [0.5, 0.6) is 0 Å². The van der Waals surface area contributed by atoms with E-state index in [1.165, 1.54) is 0 Å². The van der Waals surface area contributed by atoms with Gasteiger partial charge in [0.1, 0.15) is 0 Å². The normalized spacial score (nSPS) is 13.1. The fourth-order valence-corrected chi connectivity index (χ4v) is 3.14. The minimum atomic E-state index is -0.882. The highest BCUT2D eigenvalue weighted by Crippen LogP contribution is 2.23. The van der Waals surface area contributed by atoms with Gasteiger partial charge in [0.15, 0.2) is 0 Å². The molecule has 6 nitrogen and oxygen atoms in total. The number of nitrogens with one attached hydrogen (secondary N) is 2. The van der Waals surface area contributed by atoms with Crippen LogP contribution in [0.2, 0.25) is 0 Å². The van der Waals surface area contributed by atoms with Gasteiger partial charge in [-0.15, -0.1) is 0 Å². The van der Waals surface area contributed by atoms with Gasteiger partial charge in [-0.05, 0) is 36.5 Å². The maximum Gasteiger partial charge on any atom is 0.407 e. The molecule has 0 fully saturated rings. The van der Waals surface area contributed by atoms with Crippen LogP contribution in [0.1, 0.15) is 45.7 Å². The number of rotatable bonds is 10. The van der Waals surface area contributed by atoms with Crippen LogP contribution in [0.15, 0.2) is 54.6 Å². The standard InChI is InChI=1S/C24H32N2O4/c1-16(2)22(26-24(29)30-17(3)4)15-25-21(14-23(27)28)20-12-10-19(11-13-20)18-8-6-5-7-9-18/h5-13,16-17,21-22,25H,14-15H2,1-4H3,(H,26,29)(H,27,28). The smallest absolute Gasteiger partial charge is 0.407 e. The monoisotopic (exact) mass is 412 g/mol. The second-order valence-electron chi connectivity index (χ2n) is 8.00. The van der Waals surface area contributed by atoms with Crippen molar-refractivity contribution in [3.8, 4) is 11.1 Å². The Balaban J connectivity index is 2.09. The molecule has 2 rings (SSSR count). The van der Waals surface area contributed by atoms with Crippen LogP contribution in [-0.2, 0) is 9.53 Å². The molecule has 0 heterocycles. The molecule has 0 aliphatic rings. The maximum absolute atomic E-state index is 12.0. The molecule has 0 aliphatic heterocycles. The van der Waals surface area contributed by atoms with Crippen LogP contribution in [0.3, 0.4) is 0 Å². The van der Waals surface area contributed by atoms with Gasteiger partial charge in [-0.1, -0.05) is 68.4 Å². The highest BCUT2D eigenvalue weighted by Gasteiger charge is 2.21. The first-order chi connectivity index (χ1) is 14.3. The summed E-state index contributed by atoms with van der Waals surface area (Å²) in [5, 5.41) is 15.6. The van der Waals surface area contributed by atoms with E-state index in [-0.39, 0.29) is 30.5 Å². The van der Waals surface area contributed by atoms with E-state index in [9.17, 15) is 14.7 Å². The molecule has 30 heavy (non-hydrogen) atoms.